The first-order chi connectivity index (χ1) is 19.8. The summed E-state index contributed by atoms with van der Waals surface area (Å²) in [6.07, 6.45) is 7.16. The highest BCUT2D eigenvalue weighted by Gasteiger charge is 2.23. The molecule has 1 aromatic heterocycles. The summed E-state index contributed by atoms with van der Waals surface area (Å²) in [5, 5.41) is 16.1. The Morgan fingerprint density at radius 1 is 0.800 bits per heavy atom. The number of para-hydroxylation sites is 1. The molecular weight excluding hydrogens is 486 g/mol. The molecule has 0 saturated carbocycles. The van der Waals surface area contributed by atoms with Crippen molar-refractivity contribution >= 4 is 27.4 Å². The molecule has 0 amide bonds. The summed E-state index contributed by atoms with van der Waals surface area (Å²) in [5.74, 6) is 0. The largest absolute Gasteiger partial charge is 0.387 e. The predicted molar refractivity (Wildman–Crippen MR) is 162 cm³/mol. The Bertz CT molecular complexity index is 2050. The Labute approximate surface area is 232 Å². The van der Waals surface area contributed by atoms with Crippen molar-refractivity contribution < 1.29 is 0 Å². The minimum atomic E-state index is 0.626. The monoisotopic (exact) mass is 509 g/mol. The summed E-state index contributed by atoms with van der Waals surface area (Å²) < 4.78 is 2.20. The van der Waals surface area contributed by atoms with Gasteiger partial charge in [0.25, 0.3) is 0 Å². The summed E-state index contributed by atoms with van der Waals surface area (Å²) in [4.78, 5) is 0. The minimum Gasteiger partial charge on any atom is -0.387 e. The van der Waals surface area contributed by atoms with E-state index < -0.39 is 0 Å². The lowest BCUT2D eigenvalue weighted by molar-refractivity contribution is 0.975. The van der Waals surface area contributed by atoms with Crippen LogP contribution in [-0.2, 0) is 6.42 Å². The number of nitrogens with zero attached hydrogens (tertiary/aromatic N) is 2. The first-order valence-corrected chi connectivity index (χ1v) is 13.5. The number of hydrogen-bond acceptors (Lipinski definition) is 2. The van der Waals surface area contributed by atoms with E-state index in [1.165, 1.54) is 22.3 Å². The number of hydrogen-bond donors (Lipinski definition) is 1. The maximum atomic E-state index is 10.6. The van der Waals surface area contributed by atoms with Crippen molar-refractivity contribution in [2.45, 2.75) is 6.42 Å². The Morgan fingerprint density at radius 2 is 1.65 bits per heavy atom. The SMILES string of the molecule is N#Cc1cc(C2=CCNC=C2)cc(-c2ccc3c(c2)-c2ccccc2C3)c1-n1c2c#cccc2c2ccccc21. The van der Waals surface area contributed by atoms with Crippen LogP contribution < -0.4 is 5.32 Å². The zero-order valence-corrected chi connectivity index (χ0v) is 21.7. The number of aromatic nitrogens is 1. The van der Waals surface area contributed by atoms with Crippen molar-refractivity contribution in [3.63, 3.8) is 0 Å². The molecule has 1 aliphatic carbocycles. The van der Waals surface area contributed by atoms with Crippen LogP contribution in [0.25, 0.3) is 55.3 Å². The number of fused-ring (bicyclic) bond motifs is 6. The third kappa shape index (κ3) is 3.32. The second kappa shape index (κ2) is 8.77. The quantitative estimate of drug-likeness (QED) is 0.262. The molecule has 5 aromatic carbocycles. The first-order valence-electron chi connectivity index (χ1n) is 13.5. The molecule has 0 unspecified atom stereocenters. The van der Waals surface area contributed by atoms with Gasteiger partial charge in [0.15, 0.2) is 0 Å². The molecule has 0 saturated heterocycles. The van der Waals surface area contributed by atoms with E-state index in [0.717, 1.165) is 62.7 Å². The topological polar surface area (TPSA) is 40.8 Å². The summed E-state index contributed by atoms with van der Waals surface area (Å²) >= 11 is 0. The van der Waals surface area contributed by atoms with Gasteiger partial charge in [-0.3, -0.25) is 0 Å². The van der Waals surface area contributed by atoms with Gasteiger partial charge in [0.05, 0.1) is 16.8 Å². The molecule has 3 nitrogen and oxygen atoms in total. The van der Waals surface area contributed by atoms with Gasteiger partial charge in [-0.1, -0.05) is 66.7 Å². The Kier molecular flexibility index (Phi) is 4.93. The van der Waals surface area contributed by atoms with E-state index in [1.807, 2.05) is 18.3 Å². The molecule has 186 valence electrons. The second-order valence-electron chi connectivity index (χ2n) is 10.4. The lowest BCUT2D eigenvalue weighted by Gasteiger charge is -2.19. The van der Waals surface area contributed by atoms with Crippen LogP contribution in [-0.4, -0.2) is 11.1 Å². The molecule has 6 aromatic rings. The molecule has 1 N–H and O–H groups in total. The van der Waals surface area contributed by atoms with Crippen LogP contribution in [0.5, 0.6) is 0 Å². The molecule has 2 heterocycles. The van der Waals surface area contributed by atoms with E-state index in [4.69, 9.17) is 0 Å². The van der Waals surface area contributed by atoms with Gasteiger partial charge >= 0.3 is 0 Å². The van der Waals surface area contributed by atoms with E-state index in [0.29, 0.717) is 5.56 Å². The van der Waals surface area contributed by atoms with Crippen molar-refractivity contribution in [3.8, 4) is 34.0 Å². The summed E-state index contributed by atoms with van der Waals surface area (Å²) in [6.45, 7) is 0.762. The van der Waals surface area contributed by atoms with Crippen LogP contribution in [0.1, 0.15) is 22.3 Å². The summed E-state index contributed by atoms with van der Waals surface area (Å²) in [5.41, 5.74) is 13.0. The second-order valence-corrected chi connectivity index (χ2v) is 10.4. The number of rotatable bonds is 3. The van der Waals surface area contributed by atoms with Crippen LogP contribution in [0, 0.1) is 23.5 Å². The van der Waals surface area contributed by atoms with Crippen molar-refractivity contribution in [3.05, 3.63) is 144 Å². The van der Waals surface area contributed by atoms with E-state index in [-0.39, 0.29) is 0 Å². The highest BCUT2D eigenvalue weighted by atomic mass is 15.0. The molecule has 0 bridgehead atoms. The van der Waals surface area contributed by atoms with E-state index in [1.54, 1.807) is 0 Å². The van der Waals surface area contributed by atoms with Gasteiger partial charge in [-0.2, -0.15) is 5.26 Å². The first kappa shape index (κ1) is 22.5. The Balaban J connectivity index is 1.47. The number of allylic oxidation sites excluding steroid dienone is 2. The number of nitriles is 1. The molecule has 40 heavy (non-hydrogen) atoms. The molecule has 1 aliphatic heterocycles. The maximum absolute atomic E-state index is 10.6. The van der Waals surface area contributed by atoms with Crippen LogP contribution in [0.3, 0.4) is 0 Å². The van der Waals surface area contributed by atoms with Gasteiger partial charge < -0.3 is 9.88 Å². The number of benzene rings is 4. The van der Waals surface area contributed by atoms with Gasteiger partial charge in [0.1, 0.15) is 11.6 Å². The standard InChI is InChI=1S/C37H23N3/c38-23-29-20-28(24-15-17-39-18-16-24)22-34(27-14-13-26-19-25-7-1-2-8-30(25)33(26)21-27)37(29)40-35-11-5-3-9-31(35)32-10-4-6-12-36(32)40/h1-5,7-11,13-17,20-22,39H,18-19H2. The van der Waals surface area contributed by atoms with Crippen LogP contribution in [0.15, 0.2) is 109 Å². The molecule has 0 spiro atoms. The lowest BCUT2D eigenvalue weighted by atomic mass is 9.91. The maximum Gasteiger partial charge on any atom is 0.105 e. The molecule has 8 rings (SSSR count). The molecule has 0 radical (unpaired) electrons. The Hall–Kier alpha value is -5.51. The fourth-order valence-electron chi connectivity index (χ4n) is 6.33. The predicted octanol–water partition coefficient (Wildman–Crippen LogP) is 7.99. The van der Waals surface area contributed by atoms with Crippen LogP contribution >= 0.6 is 0 Å². The van der Waals surface area contributed by atoms with Gasteiger partial charge in [-0.05, 0) is 100 Å². The number of dihydropyridines is 1. The highest BCUT2D eigenvalue weighted by molar-refractivity contribution is 6.09. The molecule has 0 fully saturated rings. The van der Waals surface area contributed by atoms with Crippen molar-refractivity contribution in [1.29, 1.82) is 5.26 Å². The van der Waals surface area contributed by atoms with E-state index in [9.17, 15) is 5.26 Å². The average molecular weight is 510 g/mol. The van der Waals surface area contributed by atoms with Gasteiger partial charge in [0, 0.05) is 22.9 Å². The normalized spacial score (nSPS) is 13.3. The molecule has 2 aliphatic rings. The average Bonchev–Trinajstić information content (AvgIpc) is 3.56. The summed E-state index contributed by atoms with van der Waals surface area (Å²) in [6, 6.07) is 41.1. The Morgan fingerprint density at radius 3 is 2.55 bits per heavy atom. The van der Waals surface area contributed by atoms with Gasteiger partial charge in [-0.25, -0.2) is 0 Å². The fraction of sp³-hybridized carbons (Fsp3) is 0.0541. The minimum absolute atomic E-state index is 0.626. The van der Waals surface area contributed by atoms with Crippen LogP contribution in [0.2, 0.25) is 0 Å². The van der Waals surface area contributed by atoms with Crippen LogP contribution in [0.4, 0.5) is 0 Å². The van der Waals surface area contributed by atoms with E-state index >= 15 is 0 Å². The van der Waals surface area contributed by atoms with Crippen molar-refractivity contribution in [2.75, 3.05) is 6.54 Å². The molecule has 0 atom stereocenters. The fourth-order valence-corrected chi connectivity index (χ4v) is 6.33. The molecular formula is C37H23N3. The zero-order chi connectivity index (χ0) is 26.6. The smallest absolute Gasteiger partial charge is 0.105 e. The van der Waals surface area contributed by atoms with Crippen molar-refractivity contribution in [2.24, 2.45) is 0 Å². The highest BCUT2D eigenvalue weighted by Crippen LogP contribution is 2.43. The van der Waals surface area contributed by atoms with Gasteiger partial charge in [0.2, 0.25) is 0 Å². The van der Waals surface area contributed by atoms with E-state index in [2.05, 4.69) is 119 Å². The van der Waals surface area contributed by atoms with Gasteiger partial charge in [-0.15, -0.1) is 0 Å². The third-order valence-corrected chi connectivity index (χ3v) is 8.15. The zero-order valence-electron chi connectivity index (χ0n) is 21.7. The lowest BCUT2D eigenvalue weighted by Crippen LogP contribution is -2.09. The number of nitrogens with one attached hydrogen (secondary N) is 1. The third-order valence-electron chi connectivity index (χ3n) is 8.15. The molecule has 3 heteroatoms. The summed E-state index contributed by atoms with van der Waals surface area (Å²) in [7, 11) is 0. The van der Waals surface area contributed by atoms with Crippen molar-refractivity contribution in [1.82, 2.24) is 9.88 Å².